The first kappa shape index (κ1) is 15.8. The van der Waals surface area contributed by atoms with Gasteiger partial charge in [0.25, 0.3) is 5.91 Å². The average molecular weight is 324 g/mol. The fourth-order valence-electron chi connectivity index (χ4n) is 2.40. The Kier molecular flexibility index (Phi) is 4.61. The molecule has 0 fully saturated rings. The fourth-order valence-corrected chi connectivity index (χ4v) is 2.40. The van der Waals surface area contributed by atoms with Gasteiger partial charge in [-0.05, 0) is 35.9 Å². The van der Waals surface area contributed by atoms with Gasteiger partial charge in [-0.3, -0.25) is 9.78 Å². The Morgan fingerprint density at radius 2 is 1.71 bits per heavy atom. The van der Waals surface area contributed by atoms with Gasteiger partial charge in [0.15, 0.2) is 0 Å². The third kappa shape index (κ3) is 3.46. The van der Waals surface area contributed by atoms with E-state index in [9.17, 15) is 13.6 Å². The smallest absolute Gasteiger partial charge is 0.255 e. The Morgan fingerprint density at radius 3 is 2.42 bits per heavy atom. The third-order valence-electron chi connectivity index (χ3n) is 3.56. The summed E-state index contributed by atoms with van der Waals surface area (Å²) in [5, 5.41) is 2.73. The lowest BCUT2D eigenvalue weighted by atomic mass is 10.0. The van der Waals surface area contributed by atoms with Crippen molar-refractivity contribution in [1.29, 1.82) is 0 Å². The number of nitrogens with one attached hydrogen (secondary N) is 1. The summed E-state index contributed by atoms with van der Waals surface area (Å²) in [5.41, 5.74) is 1.06. The van der Waals surface area contributed by atoms with Gasteiger partial charge in [-0.15, -0.1) is 0 Å². The van der Waals surface area contributed by atoms with Gasteiger partial charge in [0.2, 0.25) is 0 Å². The molecule has 0 radical (unpaired) electrons. The minimum atomic E-state index is -0.776. The first-order chi connectivity index (χ1) is 11.6. The van der Waals surface area contributed by atoms with Crippen molar-refractivity contribution < 1.29 is 13.6 Å². The van der Waals surface area contributed by atoms with Crippen LogP contribution in [0, 0.1) is 11.6 Å². The molecule has 0 spiro atoms. The van der Waals surface area contributed by atoms with Gasteiger partial charge in [0, 0.05) is 6.20 Å². The second-order valence-electron chi connectivity index (χ2n) is 5.20. The maximum atomic E-state index is 13.8. The van der Waals surface area contributed by atoms with Crippen molar-refractivity contribution in [2.24, 2.45) is 0 Å². The van der Waals surface area contributed by atoms with Crippen LogP contribution < -0.4 is 5.32 Å². The Labute approximate surface area is 138 Å². The Bertz CT molecular complexity index is 799. The number of nitrogens with zero attached hydrogens (tertiary/aromatic N) is 1. The van der Waals surface area contributed by atoms with E-state index in [0.717, 1.165) is 23.8 Å². The van der Waals surface area contributed by atoms with Gasteiger partial charge < -0.3 is 5.32 Å². The van der Waals surface area contributed by atoms with Gasteiger partial charge in [-0.25, -0.2) is 8.78 Å². The average Bonchev–Trinajstić information content (AvgIpc) is 2.63. The van der Waals surface area contributed by atoms with Crippen molar-refractivity contribution in [3.8, 4) is 0 Å². The number of carbonyl (C=O) groups excluding carboxylic acids is 1. The monoisotopic (exact) mass is 324 g/mol. The molecule has 3 nitrogen and oxygen atoms in total. The molecule has 0 aliphatic carbocycles. The van der Waals surface area contributed by atoms with Crippen LogP contribution in [-0.2, 0) is 0 Å². The van der Waals surface area contributed by atoms with Gasteiger partial charge in [-0.2, -0.15) is 0 Å². The summed E-state index contributed by atoms with van der Waals surface area (Å²) < 4.78 is 27.2. The van der Waals surface area contributed by atoms with Crippen molar-refractivity contribution in [2.45, 2.75) is 6.04 Å². The molecule has 24 heavy (non-hydrogen) atoms. The standard InChI is InChI=1S/C19H14F2N2O/c20-14-9-10-16(21)15(12-14)19(24)23-18(13-6-2-1-3-7-13)17-8-4-5-11-22-17/h1-12,18H,(H,23,24)/t18-/m0/s1. The molecule has 1 heterocycles. The van der Waals surface area contributed by atoms with Gasteiger partial charge in [0.05, 0.1) is 17.3 Å². The number of halogens is 2. The van der Waals surface area contributed by atoms with E-state index in [4.69, 9.17) is 0 Å². The van der Waals surface area contributed by atoms with Gasteiger partial charge in [0.1, 0.15) is 11.6 Å². The summed E-state index contributed by atoms with van der Waals surface area (Å²) in [7, 11) is 0. The number of rotatable bonds is 4. The molecule has 3 rings (SSSR count). The molecule has 0 aliphatic heterocycles. The van der Waals surface area contributed by atoms with Crippen molar-refractivity contribution in [1.82, 2.24) is 10.3 Å². The Hall–Kier alpha value is -3.08. The van der Waals surface area contributed by atoms with E-state index < -0.39 is 23.6 Å². The normalized spacial score (nSPS) is 11.8. The maximum Gasteiger partial charge on any atom is 0.255 e. The lowest BCUT2D eigenvalue weighted by Gasteiger charge is -2.19. The van der Waals surface area contributed by atoms with E-state index in [1.54, 1.807) is 24.4 Å². The highest BCUT2D eigenvalue weighted by Gasteiger charge is 2.21. The SMILES string of the molecule is O=C(N[C@@H](c1ccccc1)c1ccccn1)c1cc(F)ccc1F. The van der Waals surface area contributed by atoms with Crippen LogP contribution in [-0.4, -0.2) is 10.9 Å². The van der Waals surface area contributed by atoms with Crippen LogP contribution in [0.25, 0.3) is 0 Å². The highest BCUT2D eigenvalue weighted by molar-refractivity contribution is 5.95. The number of carbonyl (C=O) groups is 1. The van der Waals surface area contributed by atoms with Crippen molar-refractivity contribution in [3.63, 3.8) is 0 Å². The molecule has 0 aliphatic rings. The largest absolute Gasteiger partial charge is 0.339 e. The molecule has 1 amide bonds. The molecule has 120 valence electrons. The van der Waals surface area contributed by atoms with Gasteiger partial charge >= 0.3 is 0 Å². The molecule has 0 unspecified atom stereocenters. The molecular weight excluding hydrogens is 310 g/mol. The summed E-state index contributed by atoms with van der Waals surface area (Å²) in [6.45, 7) is 0. The highest BCUT2D eigenvalue weighted by atomic mass is 19.1. The lowest BCUT2D eigenvalue weighted by Crippen LogP contribution is -2.30. The van der Waals surface area contributed by atoms with E-state index in [-0.39, 0.29) is 5.56 Å². The van der Waals surface area contributed by atoms with Crippen LogP contribution >= 0.6 is 0 Å². The van der Waals surface area contributed by atoms with E-state index in [0.29, 0.717) is 5.69 Å². The molecule has 0 saturated carbocycles. The Balaban J connectivity index is 1.95. The van der Waals surface area contributed by atoms with Crippen LogP contribution in [0.4, 0.5) is 8.78 Å². The predicted molar refractivity (Wildman–Crippen MR) is 86.3 cm³/mol. The summed E-state index contributed by atoms with van der Waals surface area (Å²) >= 11 is 0. The maximum absolute atomic E-state index is 13.8. The number of hydrogen-bond acceptors (Lipinski definition) is 2. The molecular formula is C19H14F2N2O. The third-order valence-corrected chi connectivity index (χ3v) is 3.56. The molecule has 1 atom stereocenters. The van der Waals surface area contributed by atoms with Crippen molar-refractivity contribution >= 4 is 5.91 Å². The summed E-state index contributed by atoms with van der Waals surface area (Å²) in [4.78, 5) is 16.7. The number of benzene rings is 2. The quantitative estimate of drug-likeness (QED) is 0.791. The van der Waals surface area contributed by atoms with Crippen LogP contribution in [0.5, 0.6) is 0 Å². The zero-order valence-electron chi connectivity index (χ0n) is 12.6. The Morgan fingerprint density at radius 1 is 0.958 bits per heavy atom. The highest BCUT2D eigenvalue weighted by Crippen LogP contribution is 2.21. The van der Waals surface area contributed by atoms with E-state index in [1.807, 2.05) is 30.3 Å². The summed E-state index contributed by atoms with van der Waals surface area (Å²) in [5.74, 6) is -2.15. The van der Waals surface area contributed by atoms with E-state index in [2.05, 4.69) is 10.3 Å². The molecule has 2 aromatic carbocycles. The second kappa shape index (κ2) is 7.00. The summed E-state index contributed by atoms with van der Waals surface area (Å²) in [6, 6.07) is 16.7. The minimum absolute atomic E-state index is 0.341. The molecule has 0 bridgehead atoms. The molecule has 3 aromatic rings. The topological polar surface area (TPSA) is 42.0 Å². The number of amides is 1. The van der Waals surface area contributed by atoms with Crippen LogP contribution in [0.3, 0.4) is 0 Å². The molecule has 1 N–H and O–H groups in total. The molecule has 5 heteroatoms. The predicted octanol–water partition coefficient (Wildman–Crippen LogP) is 3.88. The molecule has 1 aromatic heterocycles. The van der Waals surface area contributed by atoms with Crippen molar-refractivity contribution in [3.05, 3.63) is 101 Å². The minimum Gasteiger partial charge on any atom is -0.339 e. The van der Waals surface area contributed by atoms with E-state index >= 15 is 0 Å². The van der Waals surface area contributed by atoms with Crippen LogP contribution in [0.2, 0.25) is 0 Å². The zero-order chi connectivity index (χ0) is 16.9. The van der Waals surface area contributed by atoms with E-state index in [1.165, 1.54) is 0 Å². The zero-order valence-corrected chi connectivity index (χ0v) is 12.6. The number of hydrogen-bond donors (Lipinski definition) is 1. The van der Waals surface area contributed by atoms with Crippen LogP contribution in [0.1, 0.15) is 27.7 Å². The van der Waals surface area contributed by atoms with Crippen LogP contribution in [0.15, 0.2) is 72.9 Å². The lowest BCUT2D eigenvalue weighted by molar-refractivity contribution is 0.0937. The first-order valence-electron chi connectivity index (χ1n) is 7.37. The fraction of sp³-hybridized carbons (Fsp3) is 0.0526. The second-order valence-corrected chi connectivity index (χ2v) is 5.20. The molecule has 0 saturated heterocycles. The summed E-state index contributed by atoms with van der Waals surface area (Å²) in [6.07, 6.45) is 1.61. The number of pyridine rings is 1. The van der Waals surface area contributed by atoms with Crippen molar-refractivity contribution in [2.75, 3.05) is 0 Å². The first-order valence-corrected chi connectivity index (χ1v) is 7.37. The number of aromatic nitrogens is 1. The van der Waals surface area contributed by atoms with Gasteiger partial charge in [-0.1, -0.05) is 36.4 Å².